The van der Waals surface area contributed by atoms with Crippen molar-refractivity contribution < 1.29 is 28.7 Å². The fraction of sp³-hybridized carbons (Fsp3) is 0.600. The first kappa shape index (κ1) is 14.3. The summed E-state index contributed by atoms with van der Waals surface area (Å²) in [6.45, 7) is 0. The maximum absolute atomic E-state index is 11.3. The van der Waals surface area contributed by atoms with Crippen LogP contribution < -0.4 is 11.5 Å². The van der Waals surface area contributed by atoms with Crippen molar-refractivity contribution in [3.8, 4) is 0 Å². The van der Waals surface area contributed by atoms with Crippen molar-refractivity contribution in [1.82, 2.24) is 0 Å². The molecule has 1 rings (SSSR count). The fourth-order valence-corrected chi connectivity index (χ4v) is 1.26. The van der Waals surface area contributed by atoms with Gasteiger partial charge in [-0.2, -0.15) is 0 Å². The van der Waals surface area contributed by atoms with E-state index in [9.17, 15) is 19.2 Å². The molecule has 0 aromatic rings. The van der Waals surface area contributed by atoms with Gasteiger partial charge in [-0.25, -0.2) is 9.59 Å². The van der Waals surface area contributed by atoms with Gasteiger partial charge in [-0.1, -0.05) is 0 Å². The molecule has 0 saturated carbocycles. The molecule has 0 amide bonds. The Balaban J connectivity index is 2.73. The highest BCUT2D eigenvalue weighted by atomic mass is 16.6. The Morgan fingerprint density at radius 3 is 1.56 bits per heavy atom. The number of carbonyl (C=O) groups excluding carboxylic acids is 4. The Bertz CT molecular complexity index is 347. The van der Waals surface area contributed by atoms with Crippen LogP contribution in [0.5, 0.6) is 0 Å². The highest BCUT2D eigenvalue weighted by Gasteiger charge is 2.26. The van der Waals surface area contributed by atoms with Gasteiger partial charge in [-0.3, -0.25) is 9.59 Å². The predicted molar refractivity (Wildman–Crippen MR) is 56.6 cm³/mol. The average molecular weight is 258 g/mol. The van der Waals surface area contributed by atoms with Crippen molar-refractivity contribution in [1.29, 1.82) is 0 Å². The summed E-state index contributed by atoms with van der Waals surface area (Å²) in [6.07, 6.45) is -0.564. The number of esters is 4. The highest BCUT2D eigenvalue weighted by Crippen LogP contribution is 2.06. The second-order valence-electron chi connectivity index (χ2n) is 3.88. The van der Waals surface area contributed by atoms with Crippen LogP contribution in [0.4, 0.5) is 0 Å². The maximum Gasteiger partial charge on any atom is 0.330 e. The molecule has 4 N–H and O–H groups in total. The lowest BCUT2D eigenvalue weighted by molar-refractivity contribution is -0.162. The van der Waals surface area contributed by atoms with Gasteiger partial charge in [0.15, 0.2) is 0 Å². The summed E-state index contributed by atoms with van der Waals surface area (Å²) in [6, 6.07) is -2.27. The zero-order valence-electron chi connectivity index (χ0n) is 9.59. The van der Waals surface area contributed by atoms with E-state index in [1.54, 1.807) is 0 Å². The maximum atomic E-state index is 11.3. The molecule has 0 aliphatic carbocycles. The van der Waals surface area contributed by atoms with Crippen LogP contribution >= 0.6 is 0 Å². The Labute approximate surface area is 103 Å². The zero-order chi connectivity index (χ0) is 13.7. The van der Waals surface area contributed by atoms with Gasteiger partial charge < -0.3 is 20.9 Å². The van der Waals surface area contributed by atoms with Gasteiger partial charge in [0, 0.05) is 12.8 Å². The number of rotatable bonds is 0. The smallest absolute Gasteiger partial charge is 0.330 e. The number of ether oxygens (including phenoxy) is 2. The molecule has 8 nitrogen and oxygen atoms in total. The van der Waals surface area contributed by atoms with Gasteiger partial charge in [-0.05, 0) is 12.8 Å². The Morgan fingerprint density at radius 1 is 0.778 bits per heavy atom. The highest BCUT2D eigenvalue weighted by molar-refractivity contribution is 5.92. The summed E-state index contributed by atoms with van der Waals surface area (Å²) in [5.41, 5.74) is 10.8. The summed E-state index contributed by atoms with van der Waals surface area (Å²) >= 11 is 0. The van der Waals surface area contributed by atoms with Crippen molar-refractivity contribution in [2.75, 3.05) is 0 Å². The minimum atomic E-state index is -1.14. The molecule has 0 spiro atoms. The van der Waals surface area contributed by atoms with E-state index in [1.165, 1.54) is 0 Å². The lowest BCUT2D eigenvalue weighted by Crippen LogP contribution is -2.40. The second-order valence-corrected chi connectivity index (χ2v) is 3.88. The van der Waals surface area contributed by atoms with E-state index in [1.807, 2.05) is 0 Å². The van der Waals surface area contributed by atoms with Crippen LogP contribution in [0.15, 0.2) is 0 Å². The molecule has 1 fully saturated rings. The Hall–Kier alpha value is -1.80. The van der Waals surface area contributed by atoms with Crippen LogP contribution in [0.25, 0.3) is 0 Å². The molecular formula is C10H14N2O6. The predicted octanol–water partition coefficient (Wildman–Crippen LogP) is -1.65. The quantitative estimate of drug-likeness (QED) is 0.389. The van der Waals surface area contributed by atoms with Crippen LogP contribution in [0, 0.1) is 0 Å². The summed E-state index contributed by atoms with van der Waals surface area (Å²) < 4.78 is 8.86. The minimum Gasteiger partial charge on any atom is -0.393 e. The normalized spacial score (nSPS) is 27.9. The third kappa shape index (κ3) is 4.22. The summed E-state index contributed by atoms with van der Waals surface area (Å²) in [4.78, 5) is 44.9. The molecule has 0 radical (unpaired) electrons. The SMILES string of the molecule is N[C@H]1CCC(=O)OC(=O)CC[C@H](N)C(=O)OC1=O. The van der Waals surface area contributed by atoms with E-state index >= 15 is 0 Å². The fourth-order valence-electron chi connectivity index (χ4n) is 1.26. The molecule has 18 heavy (non-hydrogen) atoms. The molecule has 100 valence electrons. The van der Waals surface area contributed by atoms with Crippen LogP contribution in [-0.2, 0) is 28.7 Å². The number of hydrogen-bond donors (Lipinski definition) is 2. The lowest BCUT2D eigenvalue weighted by atomic mass is 10.1. The summed E-state index contributed by atoms with van der Waals surface area (Å²) in [7, 11) is 0. The number of carbonyl (C=O) groups is 4. The summed E-state index contributed by atoms with van der Waals surface area (Å²) in [5.74, 6) is -3.45. The van der Waals surface area contributed by atoms with E-state index in [2.05, 4.69) is 9.47 Å². The Kier molecular flexibility index (Phi) is 4.93. The van der Waals surface area contributed by atoms with Gasteiger partial charge >= 0.3 is 23.9 Å². The number of nitrogens with two attached hydrogens (primary N) is 2. The van der Waals surface area contributed by atoms with E-state index in [0.717, 1.165) is 0 Å². The van der Waals surface area contributed by atoms with E-state index in [0.29, 0.717) is 0 Å². The Morgan fingerprint density at radius 2 is 1.17 bits per heavy atom. The topological polar surface area (TPSA) is 139 Å². The lowest BCUT2D eigenvalue weighted by Gasteiger charge is -2.14. The van der Waals surface area contributed by atoms with Gasteiger partial charge in [0.1, 0.15) is 12.1 Å². The number of hydrogen-bond acceptors (Lipinski definition) is 8. The van der Waals surface area contributed by atoms with Gasteiger partial charge in [0.25, 0.3) is 0 Å². The van der Waals surface area contributed by atoms with Crippen LogP contribution in [0.3, 0.4) is 0 Å². The molecule has 1 saturated heterocycles. The molecule has 0 aromatic heterocycles. The van der Waals surface area contributed by atoms with E-state index < -0.39 is 36.0 Å². The van der Waals surface area contributed by atoms with Crippen molar-refractivity contribution in [3.63, 3.8) is 0 Å². The van der Waals surface area contributed by atoms with Crippen LogP contribution in [0.2, 0.25) is 0 Å². The molecule has 8 heteroatoms. The molecule has 1 aliphatic rings. The minimum absolute atomic E-state index is 0.0759. The molecule has 0 bridgehead atoms. The van der Waals surface area contributed by atoms with E-state index in [4.69, 9.17) is 11.5 Å². The number of cyclic esters (lactones) is 4. The summed E-state index contributed by atoms with van der Waals surface area (Å²) in [5, 5.41) is 0. The van der Waals surface area contributed by atoms with Crippen molar-refractivity contribution >= 4 is 23.9 Å². The van der Waals surface area contributed by atoms with Crippen molar-refractivity contribution in [3.05, 3.63) is 0 Å². The standard InChI is InChI=1S/C10H14N2O6/c11-5-1-3-7(13)17-8(14)4-2-6(12)10(16)18-9(5)15/h5-6H,1-4,11-12H2/t5-,6-/m0/s1. The monoisotopic (exact) mass is 258 g/mol. The zero-order valence-corrected chi connectivity index (χ0v) is 9.59. The molecule has 0 aromatic carbocycles. The van der Waals surface area contributed by atoms with Gasteiger partial charge in [0.2, 0.25) is 0 Å². The third-order valence-corrected chi connectivity index (χ3v) is 2.35. The molecule has 2 atom stereocenters. The third-order valence-electron chi connectivity index (χ3n) is 2.35. The largest absolute Gasteiger partial charge is 0.393 e. The van der Waals surface area contributed by atoms with Gasteiger partial charge in [0.05, 0.1) is 0 Å². The van der Waals surface area contributed by atoms with Crippen molar-refractivity contribution in [2.45, 2.75) is 37.8 Å². The average Bonchev–Trinajstić information content (AvgIpc) is 2.31. The molecule has 1 aliphatic heterocycles. The first-order chi connectivity index (χ1) is 8.40. The van der Waals surface area contributed by atoms with Crippen LogP contribution in [-0.4, -0.2) is 36.0 Å². The molecular weight excluding hydrogens is 244 g/mol. The first-order valence-electron chi connectivity index (χ1n) is 5.40. The first-order valence-corrected chi connectivity index (χ1v) is 5.40. The second kappa shape index (κ2) is 6.22. The molecule has 1 heterocycles. The van der Waals surface area contributed by atoms with Crippen LogP contribution in [0.1, 0.15) is 25.7 Å². The van der Waals surface area contributed by atoms with E-state index in [-0.39, 0.29) is 25.7 Å². The van der Waals surface area contributed by atoms with Gasteiger partial charge in [-0.15, -0.1) is 0 Å². The van der Waals surface area contributed by atoms with Crippen molar-refractivity contribution in [2.24, 2.45) is 11.5 Å². The molecule has 0 unspecified atom stereocenters.